The second kappa shape index (κ2) is 12.5. The average molecular weight is 558 g/mol. The molecule has 0 aliphatic carbocycles. The van der Waals surface area contributed by atoms with Crippen LogP contribution in [-0.2, 0) is 16.6 Å². The van der Waals surface area contributed by atoms with E-state index >= 15 is 0 Å². The fourth-order valence-electron chi connectivity index (χ4n) is 4.51. The summed E-state index contributed by atoms with van der Waals surface area (Å²) in [7, 11) is 10.8. The maximum Gasteiger partial charge on any atom is 0.338 e. The summed E-state index contributed by atoms with van der Waals surface area (Å²) >= 11 is 0. The molecule has 0 spiro atoms. The van der Waals surface area contributed by atoms with Crippen LogP contribution in [0.1, 0.15) is 10.4 Å². The molecule has 41 heavy (non-hydrogen) atoms. The van der Waals surface area contributed by atoms with E-state index in [1.54, 1.807) is 31.5 Å². The van der Waals surface area contributed by atoms with E-state index in [0.29, 0.717) is 34.3 Å². The van der Waals surface area contributed by atoms with E-state index in [1.165, 1.54) is 13.2 Å². The number of benzene rings is 2. The van der Waals surface area contributed by atoms with Crippen LogP contribution in [-0.4, -0.2) is 79.8 Å². The molecule has 0 unspecified atom stereocenters. The van der Waals surface area contributed by atoms with Crippen LogP contribution in [0.4, 0.5) is 23.0 Å². The fraction of sp³-hybridized carbons (Fsp3) is 0.267. The van der Waals surface area contributed by atoms with E-state index < -0.39 is 5.97 Å². The Morgan fingerprint density at radius 3 is 2.56 bits per heavy atom. The van der Waals surface area contributed by atoms with Crippen molar-refractivity contribution in [3.8, 4) is 17.0 Å². The maximum atomic E-state index is 12.5. The van der Waals surface area contributed by atoms with E-state index in [2.05, 4.69) is 27.1 Å². The number of aromatic nitrogens is 3. The van der Waals surface area contributed by atoms with E-state index in [4.69, 9.17) is 14.5 Å². The number of likely N-dealkylation sites (N-methyl/N-ethyl adjacent to an activating group) is 2. The largest absolute Gasteiger partial charge is 0.494 e. The summed E-state index contributed by atoms with van der Waals surface area (Å²) in [6.45, 7) is 5.12. The van der Waals surface area contributed by atoms with Gasteiger partial charge in [-0.15, -0.1) is 0 Å². The van der Waals surface area contributed by atoms with Gasteiger partial charge in [-0.05, 0) is 44.4 Å². The molecule has 4 rings (SSSR count). The van der Waals surface area contributed by atoms with Crippen LogP contribution < -0.4 is 20.3 Å². The van der Waals surface area contributed by atoms with Gasteiger partial charge in [0, 0.05) is 62.1 Å². The molecule has 2 aromatic carbocycles. The van der Waals surface area contributed by atoms with Crippen LogP contribution in [0.25, 0.3) is 22.2 Å². The number of ether oxygens (including phenoxy) is 2. The normalized spacial score (nSPS) is 10.9. The molecule has 214 valence electrons. The number of fused-ring (bicyclic) bond motifs is 1. The molecule has 0 aliphatic heterocycles. The molecule has 4 aromatic rings. The van der Waals surface area contributed by atoms with Crippen molar-refractivity contribution in [3.05, 3.63) is 67.0 Å². The number of carbonyl (C=O) groups excluding carboxylic acids is 2. The fourth-order valence-corrected chi connectivity index (χ4v) is 4.51. The lowest BCUT2D eigenvalue weighted by Crippen LogP contribution is -2.29. The van der Waals surface area contributed by atoms with Gasteiger partial charge >= 0.3 is 5.97 Å². The molecule has 11 heteroatoms. The molecule has 0 aliphatic rings. The number of hydrogen-bond donors (Lipinski definition) is 2. The summed E-state index contributed by atoms with van der Waals surface area (Å²) in [4.78, 5) is 38.1. The lowest BCUT2D eigenvalue weighted by atomic mass is 10.0. The summed E-state index contributed by atoms with van der Waals surface area (Å²) in [5, 5.41) is 6.87. The molecule has 0 bridgehead atoms. The summed E-state index contributed by atoms with van der Waals surface area (Å²) in [5.74, 6) is 0.0902. The van der Waals surface area contributed by atoms with Gasteiger partial charge < -0.3 is 34.5 Å². The van der Waals surface area contributed by atoms with Crippen molar-refractivity contribution in [2.75, 3.05) is 64.0 Å². The van der Waals surface area contributed by atoms with E-state index in [0.717, 1.165) is 35.2 Å². The van der Waals surface area contributed by atoms with Crippen LogP contribution in [0, 0.1) is 0 Å². The Bertz CT molecular complexity index is 1600. The minimum Gasteiger partial charge on any atom is -0.494 e. The molecule has 2 N–H and O–H groups in total. The van der Waals surface area contributed by atoms with Crippen molar-refractivity contribution < 1.29 is 19.1 Å². The monoisotopic (exact) mass is 557 g/mol. The Labute approximate surface area is 239 Å². The van der Waals surface area contributed by atoms with Gasteiger partial charge in [-0.25, -0.2) is 14.8 Å². The van der Waals surface area contributed by atoms with Crippen molar-refractivity contribution in [3.63, 3.8) is 0 Å². The highest BCUT2D eigenvalue weighted by Crippen LogP contribution is 2.38. The summed E-state index contributed by atoms with van der Waals surface area (Å²) in [6.07, 6.45) is 4.78. The maximum absolute atomic E-state index is 12.5. The van der Waals surface area contributed by atoms with Crippen molar-refractivity contribution in [1.29, 1.82) is 0 Å². The molecule has 2 aromatic heterocycles. The van der Waals surface area contributed by atoms with E-state index in [9.17, 15) is 9.59 Å². The second-order valence-electron chi connectivity index (χ2n) is 9.72. The van der Waals surface area contributed by atoms with Gasteiger partial charge in [-0.3, -0.25) is 4.79 Å². The molecule has 0 radical (unpaired) electrons. The van der Waals surface area contributed by atoms with Crippen molar-refractivity contribution in [2.45, 2.75) is 0 Å². The Morgan fingerprint density at radius 2 is 1.88 bits per heavy atom. The van der Waals surface area contributed by atoms with Crippen molar-refractivity contribution in [2.24, 2.45) is 7.05 Å². The highest BCUT2D eigenvalue weighted by molar-refractivity contribution is 6.10. The minimum atomic E-state index is -0.426. The smallest absolute Gasteiger partial charge is 0.338 e. The zero-order chi connectivity index (χ0) is 29.7. The third-order valence-electron chi connectivity index (χ3n) is 6.65. The van der Waals surface area contributed by atoms with E-state index in [-0.39, 0.29) is 5.91 Å². The number of anilines is 4. The second-order valence-corrected chi connectivity index (χ2v) is 9.72. The first kappa shape index (κ1) is 29.1. The van der Waals surface area contributed by atoms with Gasteiger partial charge in [0.1, 0.15) is 5.75 Å². The molecular formula is C30H35N7O4. The van der Waals surface area contributed by atoms with Gasteiger partial charge in [0.2, 0.25) is 11.9 Å². The summed E-state index contributed by atoms with van der Waals surface area (Å²) in [5.41, 5.74) is 4.61. The molecular weight excluding hydrogens is 522 g/mol. The van der Waals surface area contributed by atoms with Crippen LogP contribution in [0.2, 0.25) is 0 Å². The zero-order valence-electron chi connectivity index (χ0n) is 24.2. The third-order valence-corrected chi connectivity index (χ3v) is 6.65. The molecule has 0 saturated heterocycles. The van der Waals surface area contributed by atoms with Gasteiger partial charge in [-0.1, -0.05) is 12.6 Å². The molecule has 0 saturated carbocycles. The van der Waals surface area contributed by atoms with Crippen molar-refractivity contribution >= 4 is 45.8 Å². The van der Waals surface area contributed by atoms with E-state index in [1.807, 2.05) is 62.1 Å². The predicted molar refractivity (Wildman–Crippen MR) is 162 cm³/mol. The van der Waals surface area contributed by atoms with Crippen LogP contribution in [0.3, 0.4) is 0 Å². The quantitative estimate of drug-likeness (QED) is 0.206. The molecule has 0 fully saturated rings. The molecule has 0 atom stereocenters. The number of nitrogens with one attached hydrogen (secondary N) is 2. The van der Waals surface area contributed by atoms with Crippen LogP contribution >= 0.6 is 0 Å². The Balaban J connectivity index is 1.76. The first-order valence-electron chi connectivity index (χ1n) is 12.9. The lowest BCUT2D eigenvalue weighted by molar-refractivity contribution is -0.111. The number of hydrogen-bond acceptors (Lipinski definition) is 9. The highest BCUT2D eigenvalue weighted by atomic mass is 16.5. The summed E-state index contributed by atoms with van der Waals surface area (Å²) < 4.78 is 12.7. The van der Waals surface area contributed by atoms with Gasteiger partial charge in [0.15, 0.2) is 0 Å². The van der Waals surface area contributed by atoms with Crippen molar-refractivity contribution in [1.82, 2.24) is 19.4 Å². The first-order valence-corrected chi connectivity index (χ1v) is 12.9. The number of nitrogens with zero attached hydrogens (tertiary/aromatic N) is 5. The SMILES string of the molecule is C=CC(=O)Nc1cc(Nc2nccc(-c3cn(C)c4cccc(C(=O)OC)c34)n2)c(OC)cc1N(C)CCN(C)C. The number of amides is 1. The number of esters is 1. The predicted octanol–water partition coefficient (Wildman–Crippen LogP) is 4.30. The molecule has 1 amide bonds. The first-order chi connectivity index (χ1) is 19.7. The Kier molecular flexibility index (Phi) is 8.88. The molecule has 11 nitrogen and oxygen atoms in total. The third kappa shape index (κ3) is 6.30. The Hall–Kier alpha value is -4.90. The highest BCUT2D eigenvalue weighted by Gasteiger charge is 2.20. The average Bonchev–Trinajstić information content (AvgIpc) is 3.32. The Morgan fingerprint density at radius 1 is 1.10 bits per heavy atom. The van der Waals surface area contributed by atoms with Crippen LogP contribution in [0.15, 0.2) is 61.4 Å². The lowest BCUT2D eigenvalue weighted by Gasteiger charge is -2.26. The number of rotatable bonds is 11. The number of methoxy groups -OCH3 is 2. The van der Waals surface area contributed by atoms with Gasteiger partial charge in [-0.2, -0.15) is 0 Å². The van der Waals surface area contributed by atoms with Gasteiger partial charge in [0.25, 0.3) is 0 Å². The van der Waals surface area contributed by atoms with Gasteiger partial charge in [0.05, 0.1) is 42.5 Å². The molecule has 2 heterocycles. The van der Waals surface area contributed by atoms with Crippen LogP contribution in [0.5, 0.6) is 5.75 Å². The number of aryl methyl sites for hydroxylation is 1. The zero-order valence-corrected chi connectivity index (χ0v) is 24.2. The number of carbonyl (C=O) groups is 2. The topological polar surface area (TPSA) is 114 Å². The standard InChI is InChI=1S/C30H35N7O4/c1-8-27(38)32-22-16-23(26(40-6)17-25(22)36(4)15-14-35(2)3)34-30-31-13-12-21(33-30)20-18-37(5)24-11-9-10-19(28(20)24)29(39)41-7/h8-13,16-18H,1,14-15H2,2-7H3,(H,32,38)(H,31,33,34). The minimum absolute atomic E-state index is 0.308. The summed E-state index contributed by atoms with van der Waals surface area (Å²) in [6, 6.07) is 10.9.